The molecule has 1 atom stereocenters. The molecule has 0 aliphatic carbocycles. The lowest BCUT2D eigenvalue weighted by Crippen LogP contribution is -2.37. The smallest absolute Gasteiger partial charge is 0.262 e. The summed E-state index contributed by atoms with van der Waals surface area (Å²) in [4.78, 5) is 14.6. The second kappa shape index (κ2) is 8.26. The number of ether oxygens (including phenoxy) is 1. The van der Waals surface area contributed by atoms with E-state index in [1.54, 1.807) is 0 Å². The summed E-state index contributed by atoms with van der Waals surface area (Å²) in [6.07, 6.45) is 3.80. The Morgan fingerprint density at radius 2 is 1.92 bits per heavy atom. The third-order valence-electron chi connectivity index (χ3n) is 5.20. The normalized spacial score (nSPS) is 17.0. The van der Waals surface area contributed by atoms with Gasteiger partial charge in [0.05, 0.1) is 0 Å². The molecule has 0 bridgehead atoms. The lowest BCUT2D eigenvalue weighted by atomic mass is 10.0. The van der Waals surface area contributed by atoms with E-state index in [1.165, 1.54) is 24.9 Å². The predicted octanol–water partition coefficient (Wildman–Crippen LogP) is 4.70. The number of rotatable bonds is 5. The molecule has 1 heterocycles. The molecule has 1 amide bonds. The molecule has 2 aromatic rings. The zero-order valence-electron chi connectivity index (χ0n) is 15.9. The number of hydrogen-bond acceptors (Lipinski definition) is 3. The minimum atomic E-state index is -0.148. The largest absolute Gasteiger partial charge is 0.483 e. The number of amides is 1. The Balaban J connectivity index is 1.55. The highest BCUT2D eigenvalue weighted by Gasteiger charge is 2.18. The number of carbonyl (C=O) groups excluding carboxylic acids is 1. The topological polar surface area (TPSA) is 41.6 Å². The second-order valence-corrected chi connectivity index (χ2v) is 7.12. The summed E-state index contributed by atoms with van der Waals surface area (Å²) in [5.74, 6) is 0.611. The molecular formula is C22H28N2O2. The molecule has 1 N–H and O–H groups in total. The van der Waals surface area contributed by atoms with Gasteiger partial charge in [0, 0.05) is 24.0 Å². The Hall–Kier alpha value is -2.49. The number of carbonyl (C=O) groups is 1. The molecule has 0 unspecified atom stereocenters. The number of hydrogen-bond donors (Lipinski definition) is 1. The van der Waals surface area contributed by atoms with E-state index in [9.17, 15) is 4.79 Å². The number of nitrogens with one attached hydrogen (secondary N) is 1. The van der Waals surface area contributed by atoms with E-state index in [0.717, 1.165) is 29.1 Å². The molecule has 2 aromatic carbocycles. The van der Waals surface area contributed by atoms with E-state index in [4.69, 9.17) is 4.74 Å². The van der Waals surface area contributed by atoms with Crippen LogP contribution in [0.25, 0.3) is 0 Å². The molecule has 0 aromatic heterocycles. The van der Waals surface area contributed by atoms with Crippen molar-refractivity contribution in [2.24, 2.45) is 0 Å². The van der Waals surface area contributed by atoms with Gasteiger partial charge in [0.2, 0.25) is 0 Å². The fraction of sp³-hybridized carbons (Fsp3) is 0.409. The highest BCUT2D eigenvalue weighted by Crippen LogP contribution is 2.26. The molecule has 138 valence electrons. The molecule has 1 aliphatic rings. The molecular weight excluding hydrogens is 324 g/mol. The third kappa shape index (κ3) is 4.37. The lowest BCUT2D eigenvalue weighted by molar-refractivity contribution is -0.118. The SMILES string of the molecule is Cc1cccc(OCC(=O)Nc2ccc(N3CCCC[C@H]3C)cc2)c1C. The Morgan fingerprint density at radius 1 is 1.15 bits per heavy atom. The van der Waals surface area contributed by atoms with Gasteiger partial charge in [-0.25, -0.2) is 0 Å². The van der Waals surface area contributed by atoms with Gasteiger partial charge < -0.3 is 15.0 Å². The van der Waals surface area contributed by atoms with Crippen LogP contribution in [0, 0.1) is 13.8 Å². The van der Waals surface area contributed by atoms with Gasteiger partial charge in [-0.2, -0.15) is 0 Å². The first-order valence-corrected chi connectivity index (χ1v) is 9.40. The van der Waals surface area contributed by atoms with Crippen molar-refractivity contribution in [2.45, 2.75) is 46.1 Å². The Labute approximate surface area is 156 Å². The van der Waals surface area contributed by atoms with Crippen molar-refractivity contribution in [1.82, 2.24) is 0 Å². The van der Waals surface area contributed by atoms with Gasteiger partial charge in [-0.1, -0.05) is 12.1 Å². The van der Waals surface area contributed by atoms with Gasteiger partial charge in [-0.05, 0) is 81.5 Å². The van der Waals surface area contributed by atoms with Gasteiger partial charge in [-0.3, -0.25) is 4.79 Å². The van der Waals surface area contributed by atoms with Crippen molar-refractivity contribution >= 4 is 17.3 Å². The van der Waals surface area contributed by atoms with Gasteiger partial charge in [-0.15, -0.1) is 0 Å². The Kier molecular flexibility index (Phi) is 5.82. The van der Waals surface area contributed by atoms with Crippen molar-refractivity contribution in [3.8, 4) is 5.75 Å². The minimum absolute atomic E-state index is 0.00913. The molecule has 3 rings (SSSR count). The van der Waals surface area contributed by atoms with Gasteiger partial charge in [0.25, 0.3) is 5.91 Å². The van der Waals surface area contributed by atoms with Crippen LogP contribution in [-0.4, -0.2) is 25.1 Å². The average Bonchev–Trinajstić information content (AvgIpc) is 2.64. The molecule has 4 heteroatoms. The maximum Gasteiger partial charge on any atom is 0.262 e. The van der Waals surface area contributed by atoms with Crippen LogP contribution in [0.4, 0.5) is 11.4 Å². The maximum absolute atomic E-state index is 12.2. The fourth-order valence-corrected chi connectivity index (χ4v) is 3.44. The van der Waals surface area contributed by atoms with E-state index in [0.29, 0.717) is 6.04 Å². The molecule has 1 aliphatic heterocycles. The monoisotopic (exact) mass is 352 g/mol. The maximum atomic E-state index is 12.2. The van der Waals surface area contributed by atoms with E-state index in [1.807, 2.05) is 44.2 Å². The second-order valence-electron chi connectivity index (χ2n) is 7.12. The molecule has 1 fully saturated rings. The van der Waals surface area contributed by atoms with Crippen LogP contribution in [0.1, 0.15) is 37.3 Å². The van der Waals surface area contributed by atoms with Crippen molar-refractivity contribution in [3.63, 3.8) is 0 Å². The Bertz CT molecular complexity index is 755. The van der Waals surface area contributed by atoms with Crippen LogP contribution in [0.5, 0.6) is 5.75 Å². The highest BCUT2D eigenvalue weighted by atomic mass is 16.5. The minimum Gasteiger partial charge on any atom is -0.483 e. The van der Waals surface area contributed by atoms with Crippen LogP contribution in [0.15, 0.2) is 42.5 Å². The first kappa shape index (κ1) is 18.3. The van der Waals surface area contributed by atoms with E-state index < -0.39 is 0 Å². The van der Waals surface area contributed by atoms with Gasteiger partial charge in [0.1, 0.15) is 5.75 Å². The first-order valence-electron chi connectivity index (χ1n) is 9.40. The fourth-order valence-electron chi connectivity index (χ4n) is 3.44. The summed E-state index contributed by atoms with van der Waals surface area (Å²) in [6, 6.07) is 14.5. The standard InChI is InChI=1S/C22H28N2O2/c1-16-7-6-9-21(18(16)3)26-15-22(25)23-19-10-12-20(13-11-19)24-14-5-4-8-17(24)2/h6-7,9-13,17H,4-5,8,14-15H2,1-3H3,(H,23,25)/t17-/m1/s1. The summed E-state index contributed by atoms with van der Waals surface area (Å²) >= 11 is 0. The van der Waals surface area contributed by atoms with E-state index in [-0.39, 0.29) is 12.5 Å². The number of benzene rings is 2. The van der Waals surface area contributed by atoms with Crippen LogP contribution >= 0.6 is 0 Å². The summed E-state index contributed by atoms with van der Waals surface area (Å²) in [5.41, 5.74) is 4.25. The zero-order valence-corrected chi connectivity index (χ0v) is 15.9. The molecule has 26 heavy (non-hydrogen) atoms. The summed E-state index contributed by atoms with van der Waals surface area (Å²) in [6.45, 7) is 7.43. The quantitative estimate of drug-likeness (QED) is 0.848. The van der Waals surface area contributed by atoms with Crippen molar-refractivity contribution < 1.29 is 9.53 Å². The average molecular weight is 352 g/mol. The zero-order chi connectivity index (χ0) is 18.5. The van der Waals surface area contributed by atoms with Gasteiger partial charge in [0.15, 0.2) is 6.61 Å². The van der Waals surface area contributed by atoms with E-state index >= 15 is 0 Å². The molecule has 0 radical (unpaired) electrons. The van der Waals surface area contributed by atoms with Crippen molar-refractivity contribution in [1.29, 1.82) is 0 Å². The van der Waals surface area contributed by atoms with Gasteiger partial charge >= 0.3 is 0 Å². The van der Waals surface area contributed by atoms with Crippen molar-refractivity contribution in [2.75, 3.05) is 23.4 Å². The molecule has 0 saturated carbocycles. The number of nitrogens with zero attached hydrogens (tertiary/aromatic N) is 1. The number of piperidine rings is 1. The summed E-state index contributed by atoms with van der Waals surface area (Å²) in [7, 11) is 0. The Morgan fingerprint density at radius 3 is 2.65 bits per heavy atom. The van der Waals surface area contributed by atoms with Crippen LogP contribution in [-0.2, 0) is 4.79 Å². The van der Waals surface area contributed by atoms with E-state index in [2.05, 4.69) is 29.3 Å². The van der Waals surface area contributed by atoms with Crippen molar-refractivity contribution in [3.05, 3.63) is 53.6 Å². The number of aryl methyl sites for hydroxylation is 1. The van der Waals surface area contributed by atoms with Crippen LogP contribution < -0.4 is 15.0 Å². The summed E-state index contributed by atoms with van der Waals surface area (Å²) in [5, 5.41) is 2.91. The summed E-state index contributed by atoms with van der Waals surface area (Å²) < 4.78 is 5.66. The highest BCUT2D eigenvalue weighted by molar-refractivity contribution is 5.92. The van der Waals surface area contributed by atoms with Crippen LogP contribution in [0.3, 0.4) is 0 Å². The van der Waals surface area contributed by atoms with Crippen LogP contribution in [0.2, 0.25) is 0 Å². The lowest BCUT2D eigenvalue weighted by Gasteiger charge is -2.35. The molecule has 1 saturated heterocycles. The number of anilines is 2. The first-order chi connectivity index (χ1) is 12.5. The molecule has 0 spiro atoms. The third-order valence-corrected chi connectivity index (χ3v) is 5.20. The predicted molar refractivity (Wildman–Crippen MR) is 107 cm³/mol. The molecule has 4 nitrogen and oxygen atoms in total.